The fraction of sp³-hybridized carbons (Fsp3) is 0.600. The largest absolute Gasteiger partial charge is 0.497 e. The first kappa shape index (κ1) is 16.1. The van der Waals surface area contributed by atoms with Gasteiger partial charge in [-0.1, -0.05) is 12.1 Å². The number of nitrogens with zero attached hydrogens (tertiary/aromatic N) is 1. The van der Waals surface area contributed by atoms with E-state index in [4.69, 9.17) is 4.74 Å². The number of aliphatic hydroxyl groups is 1. The van der Waals surface area contributed by atoms with Crippen LogP contribution in [0.15, 0.2) is 24.3 Å². The lowest BCUT2D eigenvalue weighted by atomic mass is 9.90. The van der Waals surface area contributed by atoms with Crippen molar-refractivity contribution in [3.8, 4) is 5.75 Å². The lowest BCUT2D eigenvalue weighted by Gasteiger charge is -2.34. The quantitative estimate of drug-likeness (QED) is 0.928. The zero-order valence-electron chi connectivity index (χ0n) is 11.9. The summed E-state index contributed by atoms with van der Waals surface area (Å²) in [5.74, 6) is 0.925. The molecule has 2 unspecified atom stereocenters. The summed E-state index contributed by atoms with van der Waals surface area (Å²) in [6, 6.07) is 7.63. The lowest BCUT2D eigenvalue weighted by Crippen LogP contribution is -2.44. The van der Waals surface area contributed by atoms with Gasteiger partial charge in [0.05, 0.1) is 7.11 Å². The minimum absolute atomic E-state index is 0.175. The number of methoxy groups -OCH3 is 1. The van der Waals surface area contributed by atoms with Crippen LogP contribution in [0.3, 0.4) is 0 Å². The van der Waals surface area contributed by atoms with Crippen LogP contribution in [-0.4, -0.2) is 49.0 Å². The van der Waals surface area contributed by atoms with Crippen molar-refractivity contribution in [2.24, 2.45) is 0 Å². The maximum Gasteiger partial charge on any atom is 0.415 e. The average Bonchev–Trinajstić information content (AvgIpc) is 2.46. The molecule has 2 atom stereocenters. The molecule has 1 aliphatic rings. The third-order valence-corrected chi connectivity index (χ3v) is 3.88. The summed E-state index contributed by atoms with van der Waals surface area (Å²) >= 11 is 0. The summed E-state index contributed by atoms with van der Waals surface area (Å²) in [6.45, 7) is 0.762. The van der Waals surface area contributed by atoms with E-state index in [1.807, 2.05) is 24.3 Å². The van der Waals surface area contributed by atoms with Crippen molar-refractivity contribution in [1.82, 2.24) is 4.90 Å². The molecule has 0 bridgehead atoms. The van der Waals surface area contributed by atoms with E-state index in [9.17, 15) is 18.3 Å². The summed E-state index contributed by atoms with van der Waals surface area (Å²) in [5, 5.41) is 9.19. The number of β-amino-alcohol motifs (C(OH)–C–C–N with tert-alkyl or cyclic N) is 1. The molecule has 1 fully saturated rings. The van der Waals surface area contributed by atoms with Crippen LogP contribution >= 0.6 is 0 Å². The van der Waals surface area contributed by atoms with Gasteiger partial charge < -0.3 is 9.84 Å². The van der Waals surface area contributed by atoms with Crippen LogP contribution in [0.25, 0.3) is 0 Å². The Kier molecular flexibility index (Phi) is 5.11. The lowest BCUT2D eigenvalue weighted by molar-refractivity contribution is -0.208. The van der Waals surface area contributed by atoms with Crippen LogP contribution in [0.2, 0.25) is 0 Å². The number of hydrogen-bond donors (Lipinski definition) is 1. The standard InChI is InChI=1S/C15H20F3NO2/c1-21-13-6-2-4-11(8-13)12-5-3-7-19(9-12)10-14(20)15(16,17)18/h2,4,6,8,12,14,20H,3,5,7,9-10H2,1H3. The van der Waals surface area contributed by atoms with Crippen molar-refractivity contribution in [3.05, 3.63) is 29.8 Å². The van der Waals surface area contributed by atoms with Crippen molar-refractivity contribution >= 4 is 0 Å². The number of piperidine rings is 1. The summed E-state index contributed by atoms with van der Waals surface area (Å²) in [4.78, 5) is 1.69. The van der Waals surface area contributed by atoms with Gasteiger partial charge in [-0.05, 0) is 43.0 Å². The third-order valence-electron chi connectivity index (χ3n) is 3.88. The molecule has 1 aromatic carbocycles. The molecule has 21 heavy (non-hydrogen) atoms. The Morgan fingerprint density at radius 1 is 1.43 bits per heavy atom. The number of ether oxygens (including phenoxy) is 1. The molecule has 1 N–H and O–H groups in total. The highest BCUT2D eigenvalue weighted by Gasteiger charge is 2.39. The van der Waals surface area contributed by atoms with Crippen LogP contribution in [-0.2, 0) is 0 Å². The van der Waals surface area contributed by atoms with E-state index in [2.05, 4.69) is 0 Å². The smallest absolute Gasteiger partial charge is 0.415 e. The van der Waals surface area contributed by atoms with E-state index in [0.717, 1.165) is 24.2 Å². The fourth-order valence-electron chi connectivity index (χ4n) is 2.74. The van der Waals surface area contributed by atoms with Crippen LogP contribution in [0.1, 0.15) is 24.3 Å². The molecule has 1 aromatic rings. The summed E-state index contributed by atoms with van der Waals surface area (Å²) in [5.41, 5.74) is 1.07. The number of halogens is 3. The van der Waals surface area contributed by atoms with E-state index in [0.29, 0.717) is 13.1 Å². The maximum atomic E-state index is 12.4. The number of likely N-dealkylation sites (tertiary alicyclic amines) is 1. The Balaban J connectivity index is 2.00. The van der Waals surface area contributed by atoms with Gasteiger partial charge in [-0.2, -0.15) is 13.2 Å². The molecule has 2 rings (SSSR count). The molecule has 1 saturated heterocycles. The normalized spacial score (nSPS) is 22.0. The molecule has 0 amide bonds. The second kappa shape index (κ2) is 6.66. The van der Waals surface area contributed by atoms with E-state index in [-0.39, 0.29) is 12.5 Å². The Labute approximate surface area is 122 Å². The van der Waals surface area contributed by atoms with Gasteiger partial charge >= 0.3 is 6.18 Å². The minimum atomic E-state index is -4.55. The molecule has 1 aliphatic heterocycles. The zero-order valence-corrected chi connectivity index (χ0v) is 11.9. The molecular formula is C15H20F3NO2. The van der Waals surface area contributed by atoms with Crippen molar-refractivity contribution in [1.29, 1.82) is 0 Å². The van der Waals surface area contributed by atoms with Gasteiger partial charge in [-0.25, -0.2) is 0 Å². The first-order valence-electron chi connectivity index (χ1n) is 7.01. The van der Waals surface area contributed by atoms with Gasteiger partial charge in [0, 0.05) is 13.1 Å². The summed E-state index contributed by atoms with van der Waals surface area (Å²) in [7, 11) is 1.59. The Hall–Kier alpha value is -1.27. The zero-order chi connectivity index (χ0) is 15.5. The van der Waals surface area contributed by atoms with Gasteiger partial charge in [-0.3, -0.25) is 4.90 Å². The van der Waals surface area contributed by atoms with E-state index < -0.39 is 12.3 Å². The highest BCUT2D eigenvalue weighted by Crippen LogP contribution is 2.30. The van der Waals surface area contributed by atoms with Gasteiger partial charge in [0.2, 0.25) is 0 Å². The first-order valence-corrected chi connectivity index (χ1v) is 7.01. The van der Waals surface area contributed by atoms with Gasteiger partial charge in [-0.15, -0.1) is 0 Å². The molecule has 0 aliphatic carbocycles. The molecule has 0 aromatic heterocycles. The van der Waals surface area contributed by atoms with Gasteiger partial charge in [0.1, 0.15) is 5.75 Å². The topological polar surface area (TPSA) is 32.7 Å². The van der Waals surface area contributed by atoms with E-state index >= 15 is 0 Å². The summed E-state index contributed by atoms with van der Waals surface area (Å²) in [6.07, 6.45) is -5.07. The molecule has 3 nitrogen and oxygen atoms in total. The predicted octanol–water partition coefficient (Wildman–Crippen LogP) is 2.80. The molecule has 1 heterocycles. The number of aliphatic hydroxyl groups excluding tert-OH is 1. The molecule has 0 spiro atoms. The predicted molar refractivity (Wildman–Crippen MR) is 73.5 cm³/mol. The Morgan fingerprint density at radius 3 is 2.86 bits per heavy atom. The number of benzene rings is 1. The molecule has 0 radical (unpaired) electrons. The van der Waals surface area contributed by atoms with Gasteiger partial charge in [0.15, 0.2) is 6.10 Å². The summed E-state index contributed by atoms with van der Waals surface area (Å²) < 4.78 is 42.5. The second-order valence-electron chi connectivity index (χ2n) is 5.43. The number of hydrogen-bond acceptors (Lipinski definition) is 3. The molecule has 6 heteroatoms. The maximum absolute atomic E-state index is 12.4. The number of rotatable bonds is 4. The number of alkyl halides is 3. The molecule has 118 valence electrons. The monoisotopic (exact) mass is 303 g/mol. The van der Waals surface area contributed by atoms with Crippen LogP contribution in [0, 0.1) is 0 Å². The van der Waals surface area contributed by atoms with E-state index in [1.54, 1.807) is 12.0 Å². The van der Waals surface area contributed by atoms with Crippen molar-refractivity contribution in [3.63, 3.8) is 0 Å². The average molecular weight is 303 g/mol. The fourth-order valence-corrected chi connectivity index (χ4v) is 2.74. The van der Waals surface area contributed by atoms with Crippen molar-refractivity contribution in [2.75, 3.05) is 26.7 Å². The van der Waals surface area contributed by atoms with Crippen LogP contribution in [0.4, 0.5) is 13.2 Å². The van der Waals surface area contributed by atoms with Gasteiger partial charge in [0.25, 0.3) is 0 Å². The molecular weight excluding hydrogens is 283 g/mol. The Morgan fingerprint density at radius 2 is 2.19 bits per heavy atom. The Bertz CT molecular complexity index is 464. The highest BCUT2D eigenvalue weighted by molar-refractivity contribution is 5.31. The van der Waals surface area contributed by atoms with Crippen molar-refractivity contribution < 1.29 is 23.0 Å². The van der Waals surface area contributed by atoms with Crippen molar-refractivity contribution in [2.45, 2.75) is 31.0 Å². The minimum Gasteiger partial charge on any atom is -0.497 e. The van der Waals surface area contributed by atoms with Crippen LogP contribution in [0.5, 0.6) is 5.75 Å². The SMILES string of the molecule is COc1cccc(C2CCCN(CC(O)C(F)(F)F)C2)c1. The highest BCUT2D eigenvalue weighted by atomic mass is 19.4. The molecule has 0 saturated carbocycles. The first-order chi connectivity index (χ1) is 9.90. The third kappa shape index (κ3) is 4.35. The van der Waals surface area contributed by atoms with Crippen LogP contribution < -0.4 is 4.74 Å². The van der Waals surface area contributed by atoms with E-state index in [1.165, 1.54) is 0 Å². The second-order valence-corrected chi connectivity index (χ2v) is 5.43.